The average molecular weight is 288 g/mol. The molecule has 2 aromatic rings. The lowest BCUT2D eigenvalue weighted by molar-refractivity contribution is 0.312. The van der Waals surface area contributed by atoms with E-state index in [2.05, 4.69) is 10.2 Å². The molecule has 0 spiro atoms. The first-order valence-corrected chi connectivity index (χ1v) is 7.41. The van der Waals surface area contributed by atoms with Crippen LogP contribution in [0.1, 0.15) is 29.5 Å². The molecular formula is C17H21FN2O. The Morgan fingerprint density at radius 3 is 2.81 bits per heavy atom. The van der Waals surface area contributed by atoms with Crippen LogP contribution in [-0.2, 0) is 19.6 Å². The van der Waals surface area contributed by atoms with Crippen LogP contribution < -0.4 is 5.32 Å². The Morgan fingerprint density at radius 1 is 1.24 bits per heavy atom. The zero-order valence-corrected chi connectivity index (χ0v) is 12.3. The second-order valence-corrected chi connectivity index (χ2v) is 5.88. The Hall–Kier alpha value is -1.65. The minimum Gasteiger partial charge on any atom is -0.472 e. The first kappa shape index (κ1) is 14.3. The summed E-state index contributed by atoms with van der Waals surface area (Å²) >= 11 is 0. The number of nitrogens with zero attached hydrogens (tertiary/aromatic N) is 1. The lowest BCUT2D eigenvalue weighted by Gasteiger charge is -2.17. The van der Waals surface area contributed by atoms with Gasteiger partial charge in [-0.15, -0.1) is 0 Å². The molecule has 0 saturated heterocycles. The molecule has 1 aliphatic carbocycles. The Bertz CT molecular complexity index is 578. The normalized spacial score (nSPS) is 14.8. The number of benzene rings is 1. The van der Waals surface area contributed by atoms with Gasteiger partial charge in [0.15, 0.2) is 0 Å². The summed E-state index contributed by atoms with van der Waals surface area (Å²) in [5, 5.41) is 3.46. The lowest BCUT2D eigenvalue weighted by atomic mass is 10.1. The van der Waals surface area contributed by atoms with E-state index in [9.17, 15) is 4.39 Å². The molecule has 1 saturated carbocycles. The first-order valence-electron chi connectivity index (χ1n) is 7.41. The van der Waals surface area contributed by atoms with Crippen molar-refractivity contribution in [3.05, 3.63) is 59.3 Å². The van der Waals surface area contributed by atoms with Crippen LogP contribution in [0.15, 0.2) is 41.2 Å². The maximum absolute atomic E-state index is 14.0. The van der Waals surface area contributed by atoms with E-state index in [0.717, 1.165) is 29.8 Å². The summed E-state index contributed by atoms with van der Waals surface area (Å²) < 4.78 is 19.0. The van der Waals surface area contributed by atoms with Gasteiger partial charge in [-0.05, 0) is 37.6 Å². The van der Waals surface area contributed by atoms with Crippen LogP contribution in [0.2, 0.25) is 0 Å². The summed E-state index contributed by atoms with van der Waals surface area (Å²) in [5.74, 6) is -0.135. The van der Waals surface area contributed by atoms with E-state index in [1.165, 1.54) is 12.8 Å². The van der Waals surface area contributed by atoms with Crippen LogP contribution in [-0.4, -0.2) is 18.0 Å². The molecule has 0 aliphatic heterocycles. The Kier molecular flexibility index (Phi) is 4.36. The topological polar surface area (TPSA) is 28.4 Å². The fourth-order valence-corrected chi connectivity index (χ4v) is 2.45. The van der Waals surface area contributed by atoms with E-state index >= 15 is 0 Å². The van der Waals surface area contributed by atoms with Gasteiger partial charge >= 0.3 is 0 Å². The molecule has 21 heavy (non-hydrogen) atoms. The van der Waals surface area contributed by atoms with Crippen LogP contribution in [0.5, 0.6) is 0 Å². The highest BCUT2D eigenvalue weighted by Gasteiger charge is 2.20. The minimum atomic E-state index is -0.135. The van der Waals surface area contributed by atoms with Crippen LogP contribution in [0.3, 0.4) is 0 Å². The summed E-state index contributed by atoms with van der Waals surface area (Å²) in [6.45, 7) is 2.16. The smallest absolute Gasteiger partial charge is 0.127 e. The number of halogens is 1. The second kappa shape index (κ2) is 6.41. The van der Waals surface area contributed by atoms with Crippen LogP contribution in [0.4, 0.5) is 4.39 Å². The zero-order chi connectivity index (χ0) is 14.7. The van der Waals surface area contributed by atoms with Gasteiger partial charge in [-0.2, -0.15) is 0 Å². The number of hydrogen-bond acceptors (Lipinski definition) is 3. The molecule has 3 rings (SSSR count). The number of hydrogen-bond donors (Lipinski definition) is 1. The summed E-state index contributed by atoms with van der Waals surface area (Å²) in [4.78, 5) is 2.08. The van der Waals surface area contributed by atoms with Crippen molar-refractivity contribution < 1.29 is 8.81 Å². The molecule has 0 amide bonds. The molecule has 0 bridgehead atoms. The van der Waals surface area contributed by atoms with Crippen molar-refractivity contribution >= 4 is 0 Å². The molecule has 1 aliphatic rings. The third-order valence-corrected chi connectivity index (χ3v) is 3.76. The first-order chi connectivity index (χ1) is 10.2. The maximum atomic E-state index is 14.0. The summed E-state index contributed by atoms with van der Waals surface area (Å²) in [5.41, 5.74) is 3.00. The van der Waals surface area contributed by atoms with Gasteiger partial charge in [-0.25, -0.2) is 4.39 Å². The Morgan fingerprint density at radius 2 is 2.10 bits per heavy atom. The van der Waals surface area contributed by atoms with Gasteiger partial charge in [0, 0.05) is 36.8 Å². The third-order valence-electron chi connectivity index (χ3n) is 3.76. The molecule has 1 heterocycles. The van der Waals surface area contributed by atoms with E-state index in [-0.39, 0.29) is 5.82 Å². The van der Waals surface area contributed by atoms with Gasteiger partial charge in [0.2, 0.25) is 0 Å². The van der Waals surface area contributed by atoms with Crippen LogP contribution >= 0.6 is 0 Å². The predicted molar refractivity (Wildman–Crippen MR) is 80.1 cm³/mol. The van der Waals surface area contributed by atoms with Gasteiger partial charge in [0.1, 0.15) is 5.82 Å². The molecule has 1 aromatic carbocycles. The SMILES string of the molecule is CN(Cc1ccoc1)Cc1cc(CNC2CC2)ccc1F. The molecular weight excluding hydrogens is 267 g/mol. The van der Waals surface area contributed by atoms with E-state index in [1.54, 1.807) is 18.6 Å². The van der Waals surface area contributed by atoms with E-state index < -0.39 is 0 Å². The van der Waals surface area contributed by atoms with Crippen molar-refractivity contribution in [2.24, 2.45) is 0 Å². The monoisotopic (exact) mass is 288 g/mol. The highest BCUT2D eigenvalue weighted by Crippen LogP contribution is 2.20. The van der Waals surface area contributed by atoms with E-state index in [4.69, 9.17) is 4.42 Å². The molecule has 1 aromatic heterocycles. The van der Waals surface area contributed by atoms with Gasteiger partial charge < -0.3 is 9.73 Å². The Labute approximate surface area is 124 Å². The van der Waals surface area contributed by atoms with Crippen molar-refractivity contribution in [3.63, 3.8) is 0 Å². The van der Waals surface area contributed by atoms with Crippen molar-refractivity contribution in [3.8, 4) is 0 Å². The zero-order valence-electron chi connectivity index (χ0n) is 12.3. The molecule has 3 nitrogen and oxygen atoms in total. The molecule has 0 radical (unpaired) electrons. The van der Waals surface area contributed by atoms with Crippen molar-refractivity contribution in [2.75, 3.05) is 7.05 Å². The molecule has 1 fully saturated rings. The fourth-order valence-electron chi connectivity index (χ4n) is 2.45. The van der Waals surface area contributed by atoms with Crippen LogP contribution in [0.25, 0.3) is 0 Å². The molecule has 0 unspecified atom stereocenters. The number of rotatable bonds is 7. The van der Waals surface area contributed by atoms with Crippen molar-refractivity contribution in [1.29, 1.82) is 0 Å². The number of furan rings is 1. The summed E-state index contributed by atoms with van der Waals surface area (Å²) in [7, 11) is 1.99. The van der Waals surface area contributed by atoms with Crippen LogP contribution in [0, 0.1) is 5.82 Å². The number of nitrogens with one attached hydrogen (secondary N) is 1. The minimum absolute atomic E-state index is 0.135. The van der Waals surface area contributed by atoms with Crippen molar-refractivity contribution in [2.45, 2.75) is 38.5 Å². The average Bonchev–Trinajstić information content (AvgIpc) is 3.16. The van der Waals surface area contributed by atoms with Gasteiger partial charge in [0.25, 0.3) is 0 Å². The molecule has 4 heteroatoms. The molecule has 112 valence electrons. The second-order valence-electron chi connectivity index (χ2n) is 5.88. The molecule has 1 N–H and O–H groups in total. The highest BCUT2D eigenvalue weighted by molar-refractivity contribution is 5.25. The largest absolute Gasteiger partial charge is 0.472 e. The van der Waals surface area contributed by atoms with Gasteiger partial charge in [-0.1, -0.05) is 12.1 Å². The summed E-state index contributed by atoms with van der Waals surface area (Å²) in [6, 6.07) is 8.01. The fraction of sp³-hybridized carbons (Fsp3) is 0.412. The molecule has 0 atom stereocenters. The van der Waals surface area contributed by atoms with E-state index in [1.807, 2.05) is 25.2 Å². The van der Waals surface area contributed by atoms with Gasteiger partial charge in [-0.3, -0.25) is 4.90 Å². The predicted octanol–water partition coefficient (Wildman–Crippen LogP) is 3.30. The Balaban J connectivity index is 1.61. The lowest BCUT2D eigenvalue weighted by Crippen LogP contribution is -2.19. The van der Waals surface area contributed by atoms with Crippen molar-refractivity contribution in [1.82, 2.24) is 10.2 Å². The third kappa shape index (κ3) is 4.16. The quantitative estimate of drug-likeness (QED) is 0.847. The van der Waals surface area contributed by atoms with Gasteiger partial charge in [0.05, 0.1) is 12.5 Å². The van der Waals surface area contributed by atoms with E-state index in [0.29, 0.717) is 12.6 Å². The highest BCUT2D eigenvalue weighted by atomic mass is 19.1. The standard InChI is InChI=1S/C17H21FN2O/c1-20(10-14-6-7-21-12-14)11-15-8-13(2-5-17(15)18)9-19-16-3-4-16/h2,5-8,12,16,19H,3-4,9-11H2,1H3. The maximum Gasteiger partial charge on any atom is 0.127 e. The summed E-state index contributed by atoms with van der Waals surface area (Å²) in [6.07, 6.45) is 5.92.